The van der Waals surface area contributed by atoms with Gasteiger partial charge in [-0.3, -0.25) is 9.97 Å². The first-order valence-electron chi connectivity index (χ1n) is 9.62. The Kier molecular flexibility index (Phi) is 3.98. The molecule has 28 heavy (non-hydrogen) atoms. The molecule has 0 saturated heterocycles. The first kappa shape index (κ1) is 17.1. The number of aromatic amines is 1. The summed E-state index contributed by atoms with van der Waals surface area (Å²) in [6.45, 7) is 1.91. The monoisotopic (exact) mass is 374 g/mol. The highest BCUT2D eigenvalue weighted by Gasteiger charge is 2.28. The molecule has 3 heterocycles. The van der Waals surface area contributed by atoms with Crippen molar-refractivity contribution in [3.63, 3.8) is 0 Å². The Bertz CT molecular complexity index is 1140. The summed E-state index contributed by atoms with van der Waals surface area (Å²) in [4.78, 5) is 21.1. The summed E-state index contributed by atoms with van der Waals surface area (Å²) >= 11 is 0. The minimum atomic E-state index is -0.540. The maximum absolute atomic E-state index is 10.1. The van der Waals surface area contributed by atoms with Gasteiger partial charge in [0.1, 0.15) is 5.65 Å². The maximum atomic E-state index is 10.1. The molecule has 0 atom stereocenters. The lowest BCUT2D eigenvalue weighted by Crippen LogP contribution is -2.36. The molecule has 1 aromatic carbocycles. The first-order valence-corrected chi connectivity index (χ1v) is 9.62. The van der Waals surface area contributed by atoms with Gasteiger partial charge in [-0.2, -0.15) is 4.98 Å². The lowest BCUT2D eigenvalue weighted by Gasteiger charge is -2.33. The normalized spacial score (nSPS) is 22.6. The van der Waals surface area contributed by atoms with Gasteiger partial charge in [-0.25, -0.2) is 4.98 Å². The Balaban J connectivity index is 1.41. The van der Waals surface area contributed by atoms with Crippen molar-refractivity contribution in [3.8, 4) is 11.1 Å². The fourth-order valence-corrected chi connectivity index (χ4v) is 3.91. The zero-order valence-electron chi connectivity index (χ0n) is 15.7. The van der Waals surface area contributed by atoms with E-state index in [1.165, 1.54) is 0 Å². The third kappa shape index (κ3) is 3.18. The molecule has 0 aliphatic heterocycles. The summed E-state index contributed by atoms with van der Waals surface area (Å²) in [6.07, 6.45) is 10.6. The fraction of sp³-hybridized carbons (Fsp3) is 0.333. The van der Waals surface area contributed by atoms with Gasteiger partial charge >= 0.3 is 0 Å². The van der Waals surface area contributed by atoms with Crippen LogP contribution in [0.3, 0.4) is 0 Å². The second-order valence-electron chi connectivity index (χ2n) is 7.83. The van der Waals surface area contributed by atoms with Gasteiger partial charge in [-0.05, 0) is 50.3 Å². The van der Waals surface area contributed by atoms with Gasteiger partial charge in [-0.15, -0.1) is 0 Å². The van der Waals surface area contributed by atoms with Crippen LogP contribution in [0.4, 0.5) is 5.95 Å². The molecule has 1 saturated carbocycles. The van der Waals surface area contributed by atoms with E-state index in [1.54, 1.807) is 12.4 Å². The van der Waals surface area contributed by atoms with E-state index in [4.69, 9.17) is 0 Å². The highest BCUT2D eigenvalue weighted by Crippen LogP contribution is 2.31. The molecule has 142 valence electrons. The molecule has 0 amide bonds. The van der Waals surface area contributed by atoms with Crippen LogP contribution in [0.25, 0.3) is 33.2 Å². The van der Waals surface area contributed by atoms with Crippen LogP contribution in [0.2, 0.25) is 0 Å². The van der Waals surface area contributed by atoms with E-state index < -0.39 is 5.60 Å². The molecule has 1 aliphatic rings. The van der Waals surface area contributed by atoms with Crippen molar-refractivity contribution in [3.05, 3.63) is 43.0 Å². The number of benzene rings is 1. The molecule has 3 aromatic heterocycles. The third-order valence-corrected chi connectivity index (χ3v) is 5.61. The number of hydrogen-bond donors (Lipinski definition) is 3. The molecule has 7 nitrogen and oxygen atoms in total. The number of fused-ring (bicyclic) bond motifs is 2. The van der Waals surface area contributed by atoms with Crippen molar-refractivity contribution in [2.75, 3.05) is 5.32 Å². The molecule has 0 spiro atoms. The SMILES string of the molecule is C[C@]1(O)CC[C@H](Nc2ncc3c(-c4ccc5nccnc5c4)c[nH]c3n2)CC1. The lowest BCUT2D eigenvalue weighted by molar-refractivity contribution is 0.0196. The van der Waals surface area contributed by atoms with Gasteiger partial charge in [0.25, 0.3) is 0 Å². The minimum absolute atomic E-state index is 0.297. The average molecular weight is 374 g/mol. The van der Waals surface area contributed by atoms with Crippen LogP contribution in [0.1, 0.15) is 32.6 Å². The summed E-state index contributed by atoms with van der Waals surface area (Å²) in [5.41, 5.74) is 4.10. The summed E-state index contributed by atoms with van der Waals surface area (Å²) in [5, 5.41) is 14.5. The van der Waals surface area contributed by atoms with E-state index in [0.717, 1.165) is 58.9 Å². The second-order valence-corrected chi connectivity index (χ2v) is 7.83. The Labute approximate surface area is 162 Å². The molecule has 4 aromatic rings. The van der Waals surface area contributed by atoms with Gasteiger partial charge in [0.15, 0.2) is 0 Å². The van der Waals surface area contributed by atoms with E-state index in [9.17, 15) is 5.11 Å². The topological polar surface area (TPSA) is 99.6 Å². The number of nitrogens with zero attached hydrogens (tertiary/aromatic N) is 4. The standard InChI is InChI=1S/C21H22N6O/c1-21(28)6-4-14(5-7-21)26-20-25-12-16-15(11-24-19(16)27-20)13-2-3-17-18(10-13)23-9-8-22-17/h2-3,8-12,14,28H,4-7H2,1H3,(H2,24,25,26,27)/t14-,21-. The predicted molar refractivity (Wildman–Crippen MR) is 109 cm³/mol. The Morgan fingerprint density at radius 2 is 1.89 bits per heavy atom. The maximum Gasteiger partial charge on any atom is 0.224 e. The van der Waals surface area contributed by atoms with Gasteiger partial charge in [0.2, 0.25) is 5.95 Å². The van der Waals surface area contributed by atoms with Gasteiger partial charge in [-0.1, -0.05) is 6.07 Å². The molecular formula is C21H22N6O. The van der Waals surface area contributed by atoms with E-state index in [0.29, 0.717) is 12.0 Å². The van der Waals surface area contributed by atoms with Crippen LogP contribution >= 0.6 is 0 Å². The Morgan fingerprint density at radius 1 is 1.11 bits per heavy atom. The predicted octanol–water partition coefficient (Wildman–Crippen LogP) is 3.67. The molecule has 5 rings (SSSR count). The molecule has 7 heteroatoms. The van der Waals surface area contributed by atoms with Crippen LogP contribution in [-0.2, 0) is 0 Å². The lowest BCUT2D eigenvalue weighted by atomic mass is 9.84. The summed E-state index contributed by atoms with van der Waals surface area (Å²) in [5.74, 6) is 0.622. The van der Waals surface area contributed by atoms with Crippen molar-refractivity contribution < 1.29 is 5.11 Å². The number of aromatic nitrogens is 5. The molecular weight excluding hydrogens is 352 g/mol. The van der Waals surface area contributed by atoms with Crippen LogP contribution in [0.5, 0.6) is 0 Å². The van der Waals surface area contributed by atoms with E-state index in [-0.39, 0.29) is 0 Å². The van der Waals surface area contributed by atoms with E-state index in [1.807, 2.05) is 37.5 Å². The summed E-state index contributed by atoms with van der Waals surface area (Å²) < 4.78 is 0. The highest BCUT2D eigenvalue weighted by atomic mass is 16.3. The fourth-order valence-electron chi connectivity index (χ4n) is 3.91. The van der Waals surface area contributed by atoms with E-state index >= 15 is 0 Å². The number of nitrogens with one attached hydrogen (secondary N) is 2. The molecule has 0 bridgehead atoms. The largest absolute Gasteiger partial charge is 0.390 e. The molecule has 3 N–H and O–H groups in total. The third-order valence-electron chi connectivity index (χ3n) is 5.61. The highest BCUT2D eigenvalue weighted by molar-refractivity contribution is 5.95. The van der Waals surface area contributed by atoms with Crippen molar-refractivity contribution in [2.24, 2.45) is 0 Å². The smallest absolute Gasteiger partial charge is 0.224 e. The van der Waals surface area contributed by atoms with Crippen LogP contribution < -0.4 is 5.32 Å². The van der Waals surface area contributed by atoms with Crippen molar-refractivity contribution in [1.82, 2.24) is 24.9 Å². The number of hydrogen-bond acceptors (Lipinski definition) is 6. The minimum Gasteiger partial charge on any atom is -0.390 e. The zero-order valence-corrected chi connectivity index (χ0v) is 15.7. The van der Waals surface area contributed by atoms with E-state index in [2.05, 4.69) is 30.2 Å². The van der Waals surface area contributed by atoms with Crippen molar-refractivity contribution in [1.29, 1.82) is 0 Å². The average Bonchev–Trinajstić information content (AvgIpc) is 3.12. The number of rotatable bonds is 3. The van der Waals surface area contributed by atoms with Crippen molar-refractivity contribution in [2.45, 2.75) is 44.2 Å². The van der Waals surface area contributed by atoms with Gasteiger partial charge in [0, 0.05) is 41.8 Å². The van der Waals surface area contributed by atoms with Crippen LogP contribution in [0, 0.1) is 0 Å². The molecule has 1 fully saturated rings. The van der Waals surface area contributed by atoms with Gasteiger partial charge in [0.05, 0.1) is 16.6 Å². The molecule has 0 radical (unpaired) electrons. The van der Waals surface area contributed by atoms with Crippen LogP contribution in [-0.4, -0.2) is 41.7 Å². The Hall–Kier alpha value is -3.06. The summed E-state index contributed by atoms with van der Waals surface area (Å²) in [7, 11) is 0. The summed E-state index contributed by atoms with van der Waals surface area (Å²) in [6, 6.07) is 6.35. The first-order chi connectivity index (χ1) is 13.6. The van der Waals surface area contributed by atoms with Crippen LogP contribution in [0.15, 0.2) is 43.0 Å². The second kappa shape index (κ2) is 6.53. The quantitative estimate of drug-likeness (QED) is 0.506. The number of H-pyrrole nitrogens is 1. The zero-order chi connectivity index (χ0) is 19.1. The molecule has 1 aliphatic carbocycles. The number of aliphatic hydroxyl groups is 1. The number of anilines is 1. The Morgan fingerprint density at radius 3 is 2.71 bits per heavy atom. The van der Waals surface area contributed by atoms with Gasteiger partial charge < -0.3 is 15.4 Å². The van der Waals surface area contributed by atoms with Crippen molar-refractivity contribution >= 4 is 28.0 Å². The molecule has 0 unspecified atom stereocenters.